The third-order valence-electron chi connectivity index (χ3n) is 2.69. The van der Waals surface area contributed by atoms with Crippen molar-refractivity contribution in [3.05, 3.63) is 24.2 Å². The SMILES string of the molecule is CCC(NCC(O)c1ccco1)C(C)C. The van der Waals surface area contributed by atoms with Crippen molar-refractivity contribution < 1.29 is 9.52 Å². The zero-order valence-corrected chi connectivity index (χ0v) is 9.73. The third kappa shape index (κ3) is 3.68. The molecule has 0 aliphatic heterocycles. The molecule has 1 aromatic rings. The smallest absolute Gasteiger partial charge is 0.133 e. The molecule has 86 valence electrons. The molecular weight excluding hydrogens is 190 g/mol. The van der Waals surface area contributed by atoms with Crippen LogP contribution in [0.2, 0.25) is 0 Å². The molecule has 0 aliphatic carbocycles. The lowest BCUT2D eigenvalue weighted by Gasteiger charge is -2.22. The van der Waals surface area contributed by atoms with Crippen LogP contribution in [-0.4, -0.2) is 17.7 Å². The molecule has 2 unspecified atom stereocenters. The van der Waals surface area contributed by atoms with Crippen LogP contribution in [0.25, 0.3) is 0 Å². The molecule has 2 atom stereocenters. The second-order valence-electron chi connectivity index (χ2n) is 4.20. The Morgan fingerprint density at radius 2 is 2.20 bits per heavy atom. The summed E-state index contributed by atoms with van der Waals surface area (Å²) >= 11 is 0. The van der Waals surface area contributed by atoms with E-state index < -0.39 is 6.10 Å². The summed E-state index contributed by atoms with van der Waals surface area (Å²) < 4.78 is 5.13. The Hall–Kier alpha value is -0.800. The van der Waals surface area contributed by atoms with Crippen molar-refractivity contribution in [1.82, 2.24) is 5.32 Å². The molecule has 0 aromatic carbocycles. The summed E-state index contributed by atoms with van der Waals surface area (Å²) in [5, 5.41) is 13.1. The second-order valence-corrected chi connectivity index (χ2v) is 4.20. The molecule has 15 heavy (non-hydrogen) atoms. The van der Waals surface area contributed by atoms with Crippen LogP contribution in [0, 0.1) is 5.92 Å². The van der Waals surface area contributed by atoms with Crippen LogP contribution in [-0.2, 0) is 0 Å². The molecule has 0 spiro atoms. The Labute approximate surface area is 91.5 Å². The molecule has 0 fully saturated rings. The van der Waals surface area contributed by atoms with E-state index in [0.29, 0.717) is 24.3 Å². The van der Waals surface area contributed by atoms with Crippen LogP contribution >= 0.6 is 0 Å². The molecule has 0 amide bonds. The quantitative estimate of drug-likeness (QED) is 0.759. The first-order valence-electron chi connectivity index (χ1n) is 5.60. The predicted octanol–water partition coefficient (Wildman–Crippen LogP) is 2.34. The number of rotatable bonds is 6. The first-order valence-corrected chi connectivity index (χ1v) is 5.60. The van der Waals surface area contributed by atoms with Gasteiger partial charge < -0.3 is 14.8 Å². The van der Waals surface area contributed by atoms with Crippen LogP contribution in [0.3, 0.4) is 0 Å². The van der Waals surface area contributed by atoms with Crippen LogP contribution in [0.4, 0.5) is 0 Å². The van der Waals surface area contributed by atoms with Gasteiger partial charge in [0.2, 0.25) is 0 Å². The van der Waals surface area contributed by atoms with Gasteiger partial charge in [-0.15, -0.1) is 0 Å². The van der Waals surface area contributed by atoms with E-state index >= 15 is 0 Å². The highest BCUT2D eigenvalue weighted by atomic mass is 16.4. The van der Waals surface area contributed by atoms with E-state index in [-0.39, 0.29) is 0 Å². The number of hydrogen-bond acceptors (Lipinski definition) is 3. The van der Waals surface area contributed by atoms with Gasteiger partial charge in [-0.25, -0.2) is 0 Å². The molecule has 0 aliphatic rings. The van der Waals surface area contributed by atoms with Crippen molar-refractivity contribution in [2.75, 3.05) is 6.54 Å². The molecule has 0 saturated carbocycles. The van der Waals surface area contributed by atoms with Crippen LogP contribution < -0.4 is 5.32 Å². The van der Waals surface area contributed by atoms with Gasteiger partial charge in [-0.1, -0.05) is 20.8 Å². The number of furan rings is 1. The molecular formula is C12H21NO2. The first-order chi connectivity index (χ1) is 7.15. The molecule has 3 heteroatoms. The van der Waals surface area contributed by atoms with Crippen molar-refractivity contribution in [2.45, 2.75) is 39.3 Å². The fraction of sp³-hybridized carbons (Fsp3) is 0.667. The fourth-order valence-electron chi connectivity index (χ4n) is 1.70. The van der Waals surface area contributed by atoms with Gasteiger partial charge in [-0.05, 0) is 24.5 Å². The Morgan fingerprint density at radius 3 is 2.67 bits per heavy atom. The largest absolute Gasteiger partial charge is 0.467 e. The van der Waals surface area contributed by atoms with E-state index in [9.17, 15) is 5.11 Å². The maximum absolute atomic E-state index is 9.78. The zero-order chi connectivity index (χ0) is 11.3. The van der Waals surface area contributed by atoms with Crippen LogP contribution in [0.5, 0.6) is 0 Å². The summed E-state index contributed by atoms with van der Waals surface area (Å²) in [4.78, 5) is 0. The minimum atomic E-state index is -0.548. The lowest BCUT2D eigenvalue weighted by atomic mass is 10.0. The minimum Gasteiger partial charge on any atom is -0.467 e. The van der Waals surface area contributed by atoms with Crippen molar-refractivity contribution in [3.63, 3.8) is 0 Å². The third-order valence-corrected chi connectivity index (χ3v) is 2.69. The van der Waals surface area contributed by atoms with Gasteiger partial charge >= 0.3 is 0 Å². The van der Waals surface area contributed by atoms with E-state index in [4.69, 9.17) is 4.42 Å². The maximum Gasteiger partial charge on any atom is 0.133 e. The summed E-state index contributed by atoms with van der Waals surface area (Å²) in [6, 6.07) is 4.04. The first kappa shape index (κ1) is 12.3. The summed E-state index contributed by atoms with van der Waals surface area (Å²) in [7, 11) is 0. The average Bonchev–Trinajstić information content (AvgIpc) is 2.70. The average molecular weight is 211 g/mol. The van der Waals surface area contributed by atoms with E-state index in [2.05, 4.69) is 26.1 Å². The van der Waals surface area contributed by atoms with Crippen LogP contribution in [0.15, 0.2) is 22.8 Å². The highest BCUT2D eigenvalue weighted by Gasteiger charge is 2.14. The van der Waals surface area contributed by atoms with E-state index in [1.165, 1.54) is 0 Å². The number of nitrogens with one attached hydrogen (secondary N) is 1. The Kier molecular flexibility index (Phi) is 4.85. The van der Waals surface area contributed by atoms with Crippen molar-refractivity contribution in [3.8, 4) is 0 Å². The highest BCUT2D eigenvalue weighted by molar-refractivity contribution is 5.02. The summed E-state index contributed by atoms with van der Waals surface area (Å²) in [6.07, 6.45) is 2.11. The van der Waals surface area contributed by atoms with Gasteiger partial charge in [0.05, 0.1) is 6.26 Å². The standard InChI is InChI=1S/C12H21NO2/c1-4-10(9(2)3)13-8-11(14)12-6-5-7-15-12/h5-7,9-11,13-14H,4,8H2,1-3H3. The fourth-order valence-corrected chi connectivity index (χ4v) is 1.70. The van der Waals surface area contributed by atoms with Gasteiger partial charge in [-0.3, -0.25) is 0 Å². The van der Waals surface area contributed by atoms with Crippen molar-refractivity contribution >= 4 is 0 Å². The molecule has 2 N–H and O–H groups in total. The van der Waals surface area contributed by atoms with Crippen LogP contribution in [0.1, 0.15) is 39.1 Å². The lowest BCUT2D eigenvalue weighted by molar-refractivity contribution is 0.139. The topological polar surface area (TPSA) is 45.4 Å². The predicted molar refractivity (Wildman–Crippen MR) is 60.6 cm³/mol. The zero-order valence-electron chi connectivity index (χ0n) is 9.73. The number of hydrogen-bond donors (Lipinski definition) is 2. The molecule has 0 bridgehead atoms. The summed E-state index contributed by atoms with van der Waals surface area (Å²) in [6.45, 7) is 7.06. The summed E-state index contributed by atoms with van der Waals surface area (Å²) in [5.41, 5.74) is 0. The number of aliphatic hydroxyl groups is 1. The Morgan fingerprint density at radius 1 is 1.47 bits per heavy atom. The van der Waals surface area contributed by atoms with Gasteiger partial charge in [0.1, 0.15) is 11.9 Å². The molecule has 1 heterocycles. The van der Waals surface area contributed by atoms with E-state index in [1.54, 1.807) is 18.4 Å². The van der Waals surface area contributed by atoms with Crippen molar-refractivity contribution in [1.29, 1.82) is 0 Å². The lowest BCUT2D eigenvalue weighted by Crippen LogP contribution is -2.36. The molecule has 1 rings (SSSR count). The monoisotopic (exact) mass is 211 g/mol. The highest BCUT2D eigenvalue weighted by Crippen LogP contribution is 2.13. The number of aliphatic hydroxyl groups excluding tert-OH is 1. The van der Waals surface area contributed by atoms with Gasteiger partial charge in [0.15, 0.2) is 0 Å². The van der Waals surface area contributed by atoms with Crippen molar-refractivity contribution in [2.24, 2.45) is 5.92 Å². The van der Waals surface area contributed by atoms with E-state index in [0.717, 1.165) is 6.42 Å². The van der Waals surface area contributed by atoms with E-state index in [1.807, 2.05) is 0 Å². The molecule has 3 nitrogen and oxygen atoms in total. The Bertz CT molecular complexity index is 257. The second kappa shape index (κ2) is 5.93. The Balaban J connectivity index is 2.36. The molecule has 1 aromatic heterocycles. The normalized spacial score (nSPS) is 15.5. The van der Waals surface area contributed by atoms with Gasteiger partial charge in [0.25, 0.3) is 0 Å². The minimum absolute atomic E-state index is 0.453. The van der Waals surface area contributed by atoms with Gasteiger partial charge in [0, 0.05) is 12.6 Å². The summed E-state index contributed by atoms with van der Waals surface area (Å²) in [5.74, 6) is 1.21. The molecule has 0 saturated heterocycles. The maximum atomic E-state index is 9.78. The molecule has 0 radical (unpaired) electrons. The van der Waals surface area contributed by atoms with Gasteiger partial charge in [-0.2, -0.15) is 0 Å².